The lowest BCUT2D eigenvalue weighted by Gasteiger charge is -2.25. The van der Waals surface area contributed by atoms with Crippen molar-refractivity contribution in [3.8, 4) is 0 Å². The highest BCUT2D eigenvalue weighted by molar-refractivity contribution is 7.80. The van der Waals surface area contributed by atoms with Crippen LogP contribution in [0, 0.1) is 0 Å². The fourth-order valence-electron chi connectivity index (χ4n) is 1.45. The summed E-state index contributed by atoms with van der Waals surface area (Å²) in [6, 6.07) is 0. The van der Waals surface area contributed by atoms with Gasteiger partial charge in [-0.15, -0.1) is 0 Å². The van der Waals surface area contributed by atoms with Crippen molar-refractivity contribution in [1.29, 1.82) is 0 Å². The Labute approximate surface area is 68.6 Å². The first kappa shape index (κ1) is 8.41. The molecule has 0 bridgehead atoms. The zero-order chi connectivity index (χ0) is 7.40. The fraction of sp³-hybridized carbons (Fsp3) is 1.00. The molecule has 1 aliphatic rings. The van der Waals surface area contributed by atoms with Crippen molar-refractivity contribution >= 4 is 12.6 Å². The van der Waals surface area contributed by atoms with Gasteiger partial charge in [0, 0.05) is 11.9 Å². The van der Waals surface area contributed by atoms with E-state index in [9.17, 15) is 0 Å². The van der Waals surface area contributed by atoms with E-state index in [1.807, 2.05) is 0 Å². The van der Waals surface area contributed by atoms with Gasteiger partial charge >= 0.3 is 0 Å². The Morgan fingerprint density at radius 3 is 2.40 bits per heavy atom. The molecule has 10 heavy (non-hydrogen) atoms. The molecule has 1 rings (SSSR count). The third-order valence-electron chi connectivity index (χ3n) is 2.05. The molecule has 0 aromatic heterocycles. The zero-order valence-electron chi connectivity index (χ0n) is 6.55. The summed E-state index contributed by atoms with van der Waals surface area (Å²) < 4.78 is 5.50. The molecular formula is C8H16OS. The Balaban J connectivity index is 2.13. The second-order valence-corrected chi connectivity index (χ2v) is 3.62. The monoisotopic (exact) mass is 160 g/mol. The highest BCUT2D eigenvalue weighted by atomic mass is 32.1. The highest BCUT2D eigenvalue weighted by Crippen LogP contribution is 2.24. The molecule has 0 N–H and O–H groups in total. The van der Waals surface area contributed by atoms with E-state index in [4.69, 9.17) is 4.74 Å². The van der Waals surface area contributed by atoms with Crippen molar-refractivity contribution in [3.63, 3.8) is 0 Å². The van der Waals surface area contributed by atoms with E-state index >= 15 is 0 Å². The first-order valence-corrected chi connectivity index (χ1v) is 4.64. The Bertz CT molecular complexity index is 87.3. The van der Waals surface area contributed by atoms with Crippen LogP contribution in [0.25, 0.3) is 0 Å². The lowest BCUT2D eigenvalue weighted by molar-refractivity contribution is 0.0380. The van der Waals surface area contributed by atoms with Crippen molar-refractivity contribution in [2.24, 2.45) is 0 Å². The Morgan fingerprint density at radius 1 is 1.30 bits per heavy atom. The van der Waals surface area contributed by atoms with Crippen LogP contribution in [0.3, 0.4) is 0 Å². The molecule has 0 radical (unpaired) electrons. The molecule has 0 aromatic rings. The Morgan fingerprint density at radius 2 is 1.90 bits per heavy atom. The highest BCUT2D eigenvalue weighted by Gasteiger charge is 2.17. The molecule has 0 aromatic carbocycles. The first-order valence-electron chi connectivity index (χ1n) is 4.12. The number of hydrogen-bond acceptors (Lipinski definition) is 2. The van der Waals surface area contributed by atoms with Gasteiger partial charge in [-0.3, -0.25) is 0 Å². The second kappa shape index (κ2) is 4.24. The quantitative estimate of drug-likeness (QED) is 0.610. The predicted molar refractivity (Wildman–Crippen MR) is 46.7 cm³/mol. The molecule has 1 nitrogen and oxygen atoms in total. The van der Waals surface area contributed by atoms with Crippen LogP contribution in [0.2, 0.25) is 0 Å². The van der Waals surface area contributed by atoms with Gasteiger partial charge in [0.1, 0.15) is 0 Å². The maximum absolute atomic E-state index is 5.50. The minimum absolute atomic E-state index is 0.536. The smallest absolute Gasteiger partial charge is 0.0575 e. The molecule has 0 unspecified atom stereocenters. The van der Waals surface area contributed by atoms with Crippen molar-refractivity contribution in [2.75, 3.05) is 6.61 Å². The van der Waals surface area contributed by atoms with Crippen molar-refractivity contribution in [2.45, 2.75) is 44.0 Å². The Kier molecular flexibility index (Phi) is 3.57. The summed E-state index contributed by atoms with van der Waals surface area (Å²) in [6.45, 7) is 2.93. The summed E-state index contributed by atoms with van der Waals surface area (Å²) in [7, 11) is 0. The van der Waals surface area contributed by atoms with Gasteiger partial charge in [-0.05, 0) is 32.6 Å². The number of thiol groups is 1. The molecule has 0 saturated heterocycles. The average Bonchev–Trinajstić information content (AvgIpc) is 1.95. The van der Waals surface area contributed by atoms with Crippen LogP contribution in [0.5, 0.6) is 0 Å². The van der Waals surface area contributed by atoms with E-state index in [0.29, 0.717) is 11.4 Å². The lowest BCUT2D eigenvalue weighted by atomic mass is 9.97. The summed E-state index contributed by atoms with van der Waals surface area (Å²) in [5.74, 6) is 0. The Hall–Kier alpha value is 0.310. The molecule has 1 saturated carbocycles. The zero-order valence-corrected chi connectivity index (χ0v) is 7.44. The molecule has 0 heterocycles. The molecular weight excluding hydrogens is 144 g/mol. The second-order valence-electron chi connectivity index (χ2n) is 2.89. The SMILES string of the molecule is CCO[C@H]1CC[C@H](S)CC1. The molecule has 0 atom stereocenters. The van der Waals surface area contributed by atoms with Crippen LogP contribution in [-0.2, 0) is 4.74 Å². The van der Waals surface area contributed by atoms with Crippen LogP contribution >= 0.6 is 12.6 Å². The average molecular weight is 160 g/mol. The van der Waals surface area contributed by atoms with E-state index in [1.165, 1.54) is 25.7 Å². The molecule has 0 spiro atoms. The standard InChI is InChI=1S/C8H16OS/c1-2-9-7-3-5-8(10)6-4-7/h7-8,10H,2-6H2,1H3/t7-,8-. The van der Waals surface area contributed by atoms with Crippen LogP contribution in [-0.4, -0.2) is 18.0 Å². The third kappa shape index (κ3) is 2.51. The van der Waals surface area contributed by atoms with Gasteiger partial charge < -0.3 is 4.74 Å². The van der Waals surface area contributed by atoms with Gasteiger partial charge in [0.15, 0.2) is 0 Å². The maximum atomic E-state index is 5.50. The molecule has 0 amide bonds. The van der Waals surface area contributed by atoms with Gasteiger partial charge in [0.25, 0.3) is 0 Å². The summed E-state index contributed by atoms with van der Waals surface area (Å²) in [5, 5.41) is 0.636. The summed E-state index contributed by atoms with van der Waals surface area (Å²) >= 11 is 4.41. The normalized spacial score (nSPS) is 34.2. The van der Waals surface area contributed by atoms with Crippen LogP contribution in [0.4, 0.5) is 0 Å². The fourth-order valence-corrected chi connectivity index (χ4v) is 1.75. The lowest BCUT2D eigenvalue weighted by Crippen LogP contribution is -2.21. The van der Waals surface area contributed by atoms with E-state index in [0.717, 1.165) is 6.61 Å². The topological polar surface area (TPSA) is 9.23 Å². The first-order chi connectivity index (χ1) is 4.83. The number of hydrogen-bond donors (Lipinski definition) is 1. The van der Waals surface area contributed by atoms with Crippen molar-refractivity contribution in [3.05, 3.63) is 0 Å². The predicted octanol–water partition coefficient (Wildman–Crippen LogP) is 2.26. The molecule has 0 aliphatic heterocycles. The summed E-state index contributed by atoms with van der Waals surface area (Å²) in [5.41, 5.74) is 0. The van der Waals surface area contributed by atoms with Gasteiger partial charge in [-0.2, -0.15) is 12.6 Å². The third-order valence-corrected chi connectivity index (χ3v) is 2.56. The molecule has 1 aliphatic carbocycles. The van der Waals surface area contributed by atoms with Crippen molar-refractivity contribution in [1.82, 2.24) is 0 Å². The summed E-state index contributed by atoms with van der Waals surface area (Å²) in [4.78, 5) is 0. The van der Waals surface area contributed by atoms with Gasteiger partial charge in [0.2, 0.25) is 0 Å². The number of ether oxygens (including phenoxy) is 1. The summed E-state index contributed by atoms with van der Waals surface area (Å²) in [6.07, 6.45) is 5.42. The van der Waals surface area contributed by atoms with Crippen molar-refractivity contribution < 1.29 is 4.74 Å². The van der Waals surface area contributed by atoms with E-state index in [-0.39, 0.29) is 0 Å². The van der Waals surface area contributed by atoms with E-state index in [2.05, 4.69) is 19.6 Å². The van der Waals surface area contributed by atoms with Crippen LogP contribution in [0.15, 0.2) is 0 Å². The van der Waals surface area contributed by atoms with Gasteiger partial charge in [-0.1, -0.05) is 0 Å². The molecule has 60 valence electrons. The minimum atomic E-state index is 0.536. The molecule has 1 fully saturated rings. The van der Waals surface area contributed by atoms with Crippen LogP contribution < -0.4 is 0 Å². The number of rotatable bonds is 2. The largest absolute Gasteiger partial charge is 0.379 e. The van der Waals surface area contributed by atoms with Gasteiger partial charge in [0.05, 0.1) is 6.10 Å². The van der Waals surface area contributed by atoms with E-state index < -0.39 is 0 Å². The van der Waals surface area contributed by atoms with E-state index in [1.54, 1.807) is 0 Å². The van der Waals surface area contributed by atoms with Crippen LogP contribution in [0.1, 0.15) is 32.6 Å². The minimum Gasteiger partial charge on any atom is -0.379 e. The maximum Gasteiger partial charge on any atom is 0.0575 e. The van der Waals surface area contributed by atoms with Gasteiger partial charge in [-0.25, -0.2) is 0 Å². The molecule has 2 heteroatoms.